The van der Waals surface area contributed by atoms with Crippen LogP contribution in [-0.2, 0) is 24.1 Å². The monoisotopic (exact) mass is 265 g/mol. The Labute approximate surface area is 114 Å². The van der Waals surface area contributed by atoms with Crippen LogP contribution in [0.4, 0.5) is 0 Å². The molecule has 1 aromatic rings. The lowest BCUT2D eigenvalue weighted by molar-refractivity contribution is 0.175. The molecule has 18 heavy (non-hydrogen) atoms. The standard InChI is InChI=1S/C15H23NOS/c1-2-14(12-6-7-17-10-12)16-9-13-8-11-4-3-5-15(11)18-13/h8,12,14,16H,2-7,9-10H2,1H3. The number of aryl methyl sites for hydroxylation is 2. The number of fused-ring (bicyclic) bond motifs is 1. The van der Waals surface area contributed by atoms with E-state index in [1.54, 1.807) is 10.4 Å². The van der Waals surface area contributed by atoms with Gasteiger partial charge in [-0.1, -0.05) is 6.92 Å². The van der Waals surface area contributed by atoms with Crippen molar-refractivity contribution >= 4 is 11.3 Å². The van der Waals surface area contributed by atoms with E-state index >= 15 is 0 Å². The van der Waals surface area contributed by atoms with Gasteiger partial charge < -0.3 is 10.1 Å². The number of rotatable bonds is 5. The number of hydrogen-bond donors (Lipinski definition) is 1. The van der Waals surface area contributed by atoms with Crippen LogP contribution in [0, 0.1) is 5.92 Å². The van der Waals surface area contributed by atoms with Crippen molar-refractivity contribution in [2.24, 2.45) is 5.92 Å². The zero-order valence-electron chi connectivity index (χ0n) is 11.2. The van der Waals surface area contributed by atoms with E-state index in [2.05, 4.69) is 18.3 Å². The maximum absolute atomic E-state index is 5.50. The predicted octanol–water partition coefficient (Wildman–Crippen LogP) is 3.14. The molecule has 1 saturated heterocycles. The third-order valence-electron chi connectivity index (χ3n) is 4.31. The van der Waals surface area contributed by atoms with Crippen LogP contribution < -0.4 is 5.32 Å². The Morgan fingerprint density at radius 2 is 2.44 bits per heavy atom. The number of thiophene rings is 1. The maximum atomic E-state index is 5.50. The Kier molecular flexibility index (Phi) is 4.02. The van der Waals surface area contributed by atoms with Gasteiger partial charge in [-0.15, -0.1) is 11.3 Å². The SMILES string of the molecule is CCC(NCc1cc2c(s1)CCC2)C1CCOC1. The highest BCUT2D eigenvalue weighted by Gasteiger charge is 2.24. The van der Waals surface area contributed by atoms with E-state index in [0.29, 0.717) is 6.04 Å². The molecule has 0 saturated carbocycles. The molecule has 0 aromatic carbocycles. The van der Waals surface area contributed by atoms with E-state index < -0.39 is 0 Å². The van der Waals surface area contributed by atoms with Crippen LogP contribution in [-0.4, -0.2) is 19.3 Å². The van der Waals surface area contributed by atoms with Crippen LogP contribution in [0.5, 0.6) is 0 Å². The van der Waals surface area contributed by atoms with Gasteiger partial charge in [-0.2, -0.15) is 0 Å². The largest absolute Gasteiger partial charge is 0.381 e. The molecule has 1 aliphatic carbocycles. The van der Waals surface area contributed by atoms with Gasteiger partial charge in [0.05, 0.1) is 6.61 Å². The number of hydrogen-bond acceptors (Lipinski definition) is 3. The molecular weight excluding hydrogens is 242 g/mol. The van der Waals surface area contributed by atoms with Crippen LogP contribution in [0.25, 0.3) is 0 Å². The summed E-state index contributed by atoms with van der Waals surface area (Å²) < 4.78 is 5.50. The molecule has 3 rings (SSSR count). The smallest absolute Gasteiger partial charge is 0.0510 e. The fraction of sp³-hybridized carbons (Fsp3) is 0.733. The van der Waals surface area contributed by atoms with Gasteiger partial charge in [0.2, 0.25) is 0 Å². The first-order valence-electron chi connectivity index (χ1n) is 7.28. The Bertz CT molecular complexity index is 374. The van der Waals surface area contributed by atoms with Crippen molar-refractivity contribution in [2.45, 2.75) is 51.6 Å². The third kappa shape index (κ3) is 2.63. The highest BCUT2D eigenvalue weighted by molar-refractivity contribution is 7.12. The predicted molar refractivity (Wildman–Crippen MR) is 76.2 cm³/mol. The lowest BCUT2D eigenvalue weighted by Gasteiger charge is -2.22. The quantitative estimate of drug-likeness (QED) is 0.883. The molecule has 3 heteroatoms. The van der Waals surface area contributed by atoms with Gasteiger partial charge in [0, 0.05) is 28.9 Å². The van der Waals surface area contributed by atoms with E-state index in [0.717, 1.165) is 25.7 Å². The molecule has 2 aliphatic rings. The van der Waals surface area contributed by atoms with Gasteiger partial charge in [-0.05, 0) is 49.7 Å². The van der Waals surface area contributed by atoms with Crippen LogP contribution in [0.2, 0.25) is 0 Å². The summed E-state index contributed by atoms with van der Waals surface area (Å²) in [6.45, 7) is 5.24. The molecule has 0 bridgehead atoms. The Morgan fingerprint density at radius 3 is 3.17 bits per heavy atom. The topological polar surface area (TPSA) is 21.3 Å². The second kappa shape index (κ2) is 5.72. The van der Waals surface area contributed by atoms with Crippen molar-refractivity contribution in [3.63, 3.8) is 0 Å². The first kappa shape index (κ1) is 12.6. The molecular formula is C15H23NOS. The fourth-order valence-corrected chi connectivity index (χ4v) is 4.44. The van der Waals surface area contributed by atoms with Crippen LogP contribution >= 0.6 is 11.3 Å². The van der Waals surface area contributed by atoms with Gasteiger partial charge in [-0.3, -0.25) is 0 Å². The second-order valence-electron chi connectivity index (χ2n) is 5.53. The summed E-state index contributed by atoms with van der Waals surface area (Å²) in [5.74, 6) is 0.724. The van der Waals surface area contributed by atoms with Gasteiger partial charge >= 0.3 is 0 Å². The molecule has 2 nitrogen and oxygen atoms in total. The van der Waals surface area contributed by atoms with Crippen LogP contribution in [0.3, 0.4) is 0 Å². The lowest BCUT2D eigenvalue weighted by atomic mass is 9.97. The Balaban J connectivity index is 1.55. The van der Waals surface area contributed by atoms with E-state index in [9.17, 15) is 0 Å². The van der Waals surface area contributed by atoms with Gasteiger partial charge in [-0.25, -0.2) is 0 Å². The average molecular weight is 265 g/mol. The summed E-state index contributed by atoms with van der Waals surface area (Å²) in [5, 5.41) is 3.75. The van der Waals surface area contributed by atoms with Gasteiger partial charge in [0.1, 0.15) is 0 Å². The van der Waals surface area contributed by atoms with E-state index in [1.165, 1.54) is 37.0 Å². The van der Waals surface area contributed by atoms with Crippen LogP contribution in [0.1, 0.15) is 41.5 Å². The summed E-state index contributed by atoms with van der Waals surface area (Å²) in [5.41, 5.74) is 1.62. The van der Waals surface area contributed by atoms with Crippen molar-refractivity contribution in [3.8, 4) is 0 Å². The lowest BCUT2D eigenvalue weighted by Crippen LogP contribution is -2.35. The van der Waals surface area contributed by atoms with E-state index in [1.807, 2.05) is 11.3 Å². The van der Waals surface area contributed by atoms with Crippen molar-refractivity contribution in [1.29, 1.82) is 0 Å². The molecule has 0 radical (unpaired) electrons. The molecule has 0 spiro atoms. The number of ether oxygens (including phenoxy) is 1. The molecule has 1 N–H and O–H groups in total. The zero-order chi connectivity index (χ0) is 12.4. The average Bonchev–Trinajstić information content (AvgIpc) is 3.04. The van der Waals surface area contributed by atoms with Crippen molar-refractivity contribution in [2.75, 3.05) is 13.2 Å². The summed E-state index contributed by atoms with van der Waals surface area (Å²) in [6.07, 6.45) is 6.42. The van der Waals surface area contributed by atoms with Crippen molar-refractivity contribution in [1.82, 2.24) is 5.32 Å². The Morgan fingerprint density at radius 1 is 1.50 bits per heavy atom. The van der Waals surface area contributed by atoms with Crippen molar-refractivity contribution in [3.05, 3.63) is 21.4 Å². The summed E-state index contributed by atoms with van der Waals surface area (Å²) in [4.78, 5) is 3.17. The van der Waals surface area contributed by atoms with Gasteiger partial charge in [0.25, 0.3) is 0 Å². The Hall–Kier alpha value is -0.380. The zero-order valence-corrected chi connectivity index (χ0v) is 12.0. The molecule has 2 heterocycles. The highest BCUT2D eigenvalue weighted by atomic mass is 32.1. The molecule has 1 aromatic heterocycles. The molecule has 1 aliphatic heterocycles. The molecule has 2 atom stereocenters. The normalized spacial score (nSPS) is 24.4. The summed E-state index contributed by atoms with van der Waals surface area (Å²) in [6, 6.07) is 3.06. The minimum Gasteiger partial charge on any atom is -0.381 e. The fourth-order valence-electron chi connectivity index (χ4n) is 3.22. The summed E-state index contributed by atoms with van der Waals surface area (Å²) in [7, 11) is 0. The molecule has 1 fully saturated rings. The first-order valence-corrected chi connectivity index (χ1v) is 8.10. The molecule has 2 unspecified atom stereocenters. The highest BCUT2D eigenvalue weighted by Crippen LogP contribution is 2.30. The third-order valence-corrected chi connectivity index (χ3v) is 5.55. The van der Waals surface area contributed by atoms with Crippen molar-refractivity contribution < 1.29 is 4.74 Å². The van der Waals surface area contributed by atoms with E-state index in [4.69, 9.17) is 4.74 Å². The second-order valence-corrected chi connectivity index (χ2v) is 6.76. The summed E-state index contributed by atoms with van der Waals surface area (Å²) >= 11 is 2.02. The number of nitrogens with one attached hydrogen (secondary N) is 1. The molecule has 0 amide bonds. The molecule has 100 valence electrons. The minimum atomic E-state index is 0.629. The van der Waals surface area contributed by atoms with Crippen LogP contribution in [0.15, 0.2) is 6.07 Å². The first-order chi connectivity index (χ1) is 8.86. The van der Waals surface area contributed by atoms with Gasteiger partial charge in [0.15, 0.2) is 0 Å². The maximum Gasteiger partial charge on any atom is 0.0510 e. The minimum absolute atomic E-state index is 0.629. The van der Waals surface area contributed by atoms with E-state index in [-0.39, 0.29) is 0 Å².